The van der Waals surface area contributed by atoms with Crippen molar-refractivity contribution in [2.45, 2.75) is 26.0 Å². The zero-order chi connectivity index (χ0) is 20.2. The number of benzene rings is 1. The summed E-state index contributed by atoms with van der Waals surface area (Å²) >= 11 is 0. The molecule has 1 heterocycles. The number of esters is 1. The summed E-state index contributed by atoms with van der Waals surface area (Å²) in [5.74, 6) is -1.74. The largest absolute Gasteiger partial charge is 0.501 e. The Morgan fingerprint density at radius 1 is 1.26 bits per heavy atom. The molecule has 2 aromatic rings. The quantitative estimate of drug-likeness (QED) is 0.759. The van der Waals surface area contributed by atoms with E-state index in [0.29, 0.717) is 0 Å². The van der Waals surface area contributed by atoms with Crippen LogP contribution in [-0.4, -0.2) is 33.8 Å². The summed E-state index contributed by atoms with van der Waals surface area (Å²) in [5.41, 5.74) is -1.73. The van der Waals surface area contributed by atoms with Crippen molar-refractivity contribution in [1.82, 2.24) is 14.9 Å². The zero-order valence-corrected chi connectivity index (χ0v) is 15.5. The van der Waals surface area contributed by atoms with Gasteiger partial charge in [-0.2, -0.15) is 0 Å². The molecule has 1 amide bonds. The van der Waals surface area contributed by atoms with E-state index in [2.05, 4.69) is 15.0 Å². The van der Waals surface area contributed by atoms with Crippen molar-refractivity contribution >= 4 is 12.1 Å². The van der Waals surface area contributed by atoms with E-state index in [1.165, 1.54) is 7.05 Å². The molecule has 9 nitrogen and oxygen atoms in total. The lowest BCUT2D eigenvalue weighted by atomic mass is 10.0. The third kappa shape index (κ3) is 4.43. The second-order valence-corrected chi connectivity index (χ2v) is 6.30. The van der Waals surface area contributed by atoms with Crippen LogP contribution in [0, 0.1) is 0 Å². The number of carbonyl (C=O) groups excluding carboxylic acids is 2. The lowest BCUT2D eigenvalue weighted by Crippen LogP contribution is -2.45. The summed E-state index contributed by atoms with van der Waals surface area (Å²) < 4.78 is 10.7. The van der Waals surface area contributed by atoms with E-state index in [-0.39, 0.29) is 12.4 Å². The van der Waals surface area contributed by atoms with Crippen LogP contribution in [0.5, 0.6) is 5.75 Å². The first-order valence-electron chi connectivity index (χ1n) is 8.05. The Morgan fingerprint density at radius 3 is 2.48 bits per heavy atom. The van der Waals surface area contributed by atoms with Gasteiger partial charge >= 0.3 is 12.1 Å². The summed E-state index contributed by atoms with van der Waals surface area (Å²) in [6.07, 6.45) is -0.731. The number of ether oxygens (including phenoxy) is 2. The molecule has 1 aromatic carbocycles. The molecule has 0 saturated heterocycles. The molecule has 0 saturated carbocycles. The Morgan fingerprint density at radius 2 is 1.89 bits per heavy atom. The predicted octanol–water partition coefficient (Wildman–Crippen LogP) is 1.43. The van der Waals surface area contributed by atoms with Gasteiger partial charge in [0.1, 0.15) is 12.4 Å². The third-order valence-corrected chi connectivity index (χ3v) is 3.83. The van der Waals surface area contributed by atoms with Gasteiger partial charge in [-0.3, -0.25) is 9.36 Å². The van der Waals surface area contributed by atoms with E-state index >= 15 is 0 Å². The lowest BCUT2D eigenvalue weighted by molar-refractivity contribution is 0.0588. The van der Waals surface area contributed by atoms with Gasteiger partial charge in [-0.15, -0.1) is 0 Å². The SMILES string of the molecule is COC(=O)c1nc(C(C)(C)NC(=O)OCc2ccccc2)n(C)c(=O)c1O. The third-order valence-electron chi connectivity index (χ3n) is 3.83. The maximum absolute atomic E-state index is 12.2. The van der Waals surface area contributed by atoms with Crippen LogP contribution in [0.4, 0.5) is 4.79 Å². The normalized spacial score (nSPS) is 11.0. The monoisotopic (exact) mass is 375 g/mol. The van der Waals surface area contributed by atoms with Crippen LogP contribution in [0.2, 0.25) is 0 Å². The second kappa shape index (κ2) is 7.90. The number of amides is 1. The molecule has 0 aliphatic heterocycles. The fourth-order valence-corrected chi connectivity index (χ4v) is 2.46. The topological polar surface area (TPSA) is 120 Å². The molecule has 1 aromatic heterocycles. The Kier molecular flexibility index (Phi) is 5.84. The molecular formula is C18H21N3O6. The highest BCUT2D eigenvalue weighted by atomic mass is 16.5. The smallest absolute Gasteiger partial charge is 0.408 e. The molecule has 9 heteroatoms. The first-order chi connectivity index (χ1) is 12.7. The van der Waals surface area contributed by atoms with Gasteiger partial charge in [-0.25, -0.2) is 14.6 Å². The molecule has 2 rings (SSSR count). The number of aromatic hydroxyl groups is 1. The minimum atomic E-state index is -1.18. The van der Waals surface area contributed by atoms with Crippen molar-refractivity contribution in [2.75, 3.05) is 7.11 Å². The highest BCUT2D eigenvalue weighted by molar-refractivity contribution is 5.89. The summed E-state index contributed by atoms with van der Waals surface area (Å²) in [6, 6.07) is 9.12. The van der Waals surface area contributed by atoms with Crippen LogP contribution in [-0.2, 0) is 28.7 Å². The average molecular weight is 375 g/mol. The van der Waals surface area contributed by atoms with Crippen molar-refractivity contribution in [3.8, 4) is 5.75 Å². The molecule has 27 heavy (non-hydrogen) atoms. The molecule has 0 fully saturated rings. The Labute approximate surface area is 155 Å². The van der Waals surface area contributed by atoms with Crippen LogP contribution in [0.25, 0.3) is 0 Å². The number of aromatic nitrogens is 2. The van der Waals surface area contributed by atoms with Crippen molar-refractivity contribution < 1.29 is 24.2 Å². The summed E-state index contributed by atoms with van der Waals surface area (Å²) in [4.78, 5) is 40.1. The molecule has 0 atom stereocenters. The number of alkyl carbamates (subject to hydrolysis) is 1. The van der Waals surface area contributed by atoms with Gasteiger partial charge in [0, 0.05) is 7.05 Å². The van der Waals surface area contributed by atoms with Gasteiger partial charge in [0.05, 0.1) is 12.6 Å². The van der Waals surface area contributed by atoms with Gasteiger partial charge in [-0.1, -0.05) is 30.3 Å². The van der Waals surface area contributed by atoms with Crippen molar-refractivity contribution in [1.29, 1.82) is 0 Å². The van der Waals surface area contributed by atoms with Crippen LogP contribution in [0.15, 0.2) is 35.1 Å². The van der Waals surface area contributed by atoms with E-state index in [0.717, 1.165) is 17.2 Å². The van der Waals surface area contributed by atoms with E-state index in [1.54, 1.807) is 13.8 Å². The van der Waals surface area contributed by atoms with Crippen LogP contribution < -0.4 is 10.9 Å². The summed E-state index contributed by atoms with van der Waals surface area (Å²) in [5, 5.41) is 12.5. The highest BCUT2D eigenvalue weighted by Gasteiger charge is 2.31. The predicted molar refractivity (Wildman–Crippen MR) is 95.3 cm³/mol. The average Bonchev–Trinajstić information content (AvgIpc) is 2.64. The first-order valence-corrected chi connectivity index (χ1v) is 8.05. The summed E-state index contributed by atoms with van der Waals surface area (Å²) in [6.45, 7) is 3.23. The fraction of sp³-hybridized carbons (Fsp3) is 0.333. The minimum Gasteiger partial charge on any atom is -0.501 e. The van der Waals surface area contributed by atoms with Crippen molar-refractivity contribution in [3.63, 3.8) is 0 Å². The van der Waals surface area contributed by atoms with Crippen LogP contribution >= 0.6 is 0 Å². The van der Waals surface area contributed by atoms with E-state index in [9.17, 15) is 19.5 Å². The number of carbonyl (C=O) groups is 2. The molecular weight excluding hydrogens is 354 g/mol. The molecule has 0 unspecified atom stereocenters. The molecule has 0 aliphatic carbocycles. The number of methoxy groups -OCH3 is 1. The molecule has 0 aliphatic rings. The van der Waals surface area contributed by atoms with Gasteiger partial charge in [0.25, 0.3) is 5.56 Å². The number of hydrogen-bond donors (Lipinski definition) is 2. The van der Waals surface area contributed by atoms with Crippen molar-refractivity contribution in [3.05, 3.63) is 57.8 Å². The van der Waals surface area contributed by atoms with Gasteiger partial charge in [-0.05, 0) is 19.4 Å². The Balaban J connectivity index is 2.24. The molecule has 0 bridgehead atoms. The number of nitrogens with zero attached hydrogens (tertiary/aromatic N) is 2. The van der Waals surface area contributed by atoms with Gasteiger partial charge in [0.2, 0.25) is 5.75 Å². The maximum atomic E-state index is 12.2. The van der Waals surface area contributed by atoms with E-state index in [1.807, 2.05) is 30.3 Å². The molecule has 0 spiro atoms. The Hall–Kier alpha value is -3.36. The fourth-order valence-electron chi connectivity index (χ4n) is 2.46. The van der Waals surface area contributed by atoms with Gasteiger partial charge in [0.15, 0.2) is 5.69 Å². The second-order valence-electron chi connectivity index (χ2n) is 6.30. The maximum Gasteiger partial charge on any atom is 0.408 e. The van der Waals surface area contributed by atoms with Gasteiger partial charge < -0.3 is 19.9 Å². The van der Waals surface area contributed by atoms with Crippen molar-refractivity contribution in [2.24, 2.45) is 7.05 Å². The lowest BCUT2D eigenvalue weighted by Gasteiger charge is -2.27. The minimum absolute atomic E-state index is 0.0439. The Bertz CT molecular complexity index is 905. The first kappa shape index (κ1) is 20.0. The standard InChI is InChI=1S/C18H21N3O6/c1-18(2,20-17(25)27-10-11-8-6-5-7-9-11)16-19-12(15(24)26-4)13(22)14(23)21(16)3/h5-9,22H,10H2,1-4H3,(H,20,25). The highest BCUT2D eigenvalue weighted by Crippen LogP contribution is 2.20. The van der Waals surface area contributed by atoms with E-state index in [4.69, 9.17) is 4.74 Å². The number of hydrogen-bond acceptors (Lipinski definition) is 7. The van der Waals surface area contributed by atoms with E-state index < -0.39 is 34.6 Å². The van der Waals surface area contributed by atoms with Crippen LogP contribution in [0.3, 0.4) is 0 Å². The van der Waals surface area contributed by atoms with Crippen LogP contribution in [0.1, 0.15) is 35.7 Å². The molecule has 2 N–H and O–H groups in total. The summed E-state index contributed by atoms with van der Waals surface area (Å²) in [7, 11) is 2.47. The zero-order valence-electron chi connectivity index (χ0n) is 15.5. The molecule has 0 radical (unpaired) electrons. The number of rotatable bonds is 5. The molecule has 144 valence electrons. The number of nitrogens with one attached hydrogen (secondary N) is 1.